The van der Waals surface area contributed by atoms with Crippen molar-refractivity contribution in [3.05, 3.63) is 71.8 Å². The summed E-state index contributed by atoms with van der Waals surface area (Å²) in [6, 6.07) is 20.1. The molecule has 134 valence electrons. The maximum absolute atomic E-state index is 6.49. The fourth-order valence-electron chi connectivity index (χ4n) is 3.48. The highest BCUT2D eigenvalue weighted by molar-refractivity contribution is 5.18. The van der Waals surface area contributed by atoms with E-state index in [1.54, 1.807) is 0 Å². The highest BCUT2D eigenvalue weighted by atomic mass is 16.8. The molecule has 1 aliphatic rings. The number of hydrogen-bond acceptors (Lipinski definition) is 4. The Hall–Kier alpha value is -1.72. The smallest absolute Gasteiger partial charge is 0.163 e. The molecule has 1 heterocycles. The van der Waals surface area contributed by atoms with Crippen LogP contribution in [-0.4, -0.2) is 30.1 Å². The maximum atomic E-state index is 6.49. The van der Waals surface area contributed by atoms with E-state index in [0.717, 1.165) is 12.8 Å². The van der Waals surface area contributed by atoms with E-state index in [1.807, 2.05) is 50.2 Å². The quantitative estimate of drug-likeness (QED) is 0.848. The van der Waals surface area contributed by atoms with Crippen molar-refractivity contribution in [3.8, 4) is 0 Å². The number of rotatable bonds is 6. The van der Waals surface area contributed by atoms with Gasteiger partial charge in [-0.05, 0) is 37.8 Å². The number of benzene rings is 2. The molecular weight excluding hydrogens is 312 g/mol. The van der Waals surface area contributed by atoms with Crippen molar-refractivity contribution in [2.75, 3.05) is 0 Å². The van der Waals surface area contributed by atoms with Gasteiger partial charge in [0.15, 0.2) is 5.79 Å². The van der Waals surface area contributed by atoms with E-state index < -0.39 is 5.79 Å². The first-order valence-electron chi connectivity index (χ1n) is 8.89. The van der Waals surface area contributed by atoms with E-state index in [1.165, 1.54) is 11.1 Å². The van der Waals surface area contributed by atoms with Gasteiger partial charge in [0.05, 0.1) is 0 Å². The van der Waals surface area contributed by atoms with Crippen LogP contribution in [0.2, 0.25) is 0 Å². The van der Waals surface area contributed by atoms with E-state index in [9.17, 15) is 0 Å². The summed E-state index contributed by atoms with van der Waals surface area (Å²) in [5, 5.41) is 0. The predicted octanol–water partition coefficient (Wildman–Crippen LogP) is 2.65. The highest BCUT2D eigenvalue weighted by Gasteiger charge is 2.46. The third-order valence-electron chi connectivity index (χ3n) is 4.64. The lowest BCUT2D eigenvalue weighted by Crippen LogP contribution is -2.51. The van der Waals surface area contributed by atoms with Gasteiger partial charge < -0.3 is 20.9 Å². The van der Waals surface area contributed by atoms with Gasteiger partial charge in [-0.2, -0.15) is 0 Å². The number of nitrogens with two attached hydrogens (primary N) is 2. The first-order valence-corrected chi connectivity index (χ1v) is 8.89. The van der Waals surface area contributed by atoms with Crippen LogP contribution < -0.4 is 11.5 Å². The summed E-state index contributed by atoms with van der Waals surface area (Å²) in [7, 11) is 0. The summed E-state index contributed by atoms with van der Waals surface area (Å²) < 4.78 is 12.3. The predicted molar refractivity (Wildman–Crippen MR) is 100 cm³/mol. The summed E-state index contributed by atoms with van der Waals surface area (Å²) in [6.07, 6.45) is 1.02. The molecule has 0 saturated carbocycles. The molecule has 1 aliphatic heterocycles. The molecule has 4 nitrogen and oxygen atoms in total. The molecule has 4 N–H and O–H groups in total. The molecule has 0 aromatic heterocycles. The minimum atomic E-state index is -0.669. The Morgan fingerprint density at radius 3 is 1.48 bits per heavy atom. The Labute approximate surface area is 150 Å². The molecule has 2 aromatic carbocycles. The van der Waals surface area contributed by atoms with Crippen LogP contribution in [0, 0.1) is 0 Å². The minimum absolute atomic E-state index is 0.170. The van der Waals surface area contributed by atoms with Crippen molar-refractivity contribution in [2.45, 2.75) is 56.8 Å². The second-order valence-electron chi connectivity index (χ2n) is 7.27. The molecule has 1 saturated heterocycles. The summed E-state index contributed by atoms with van der Waals surface area (Å²) in [5.74, 6) is -0.669. The molecule has 25 heavy (non-hydrogen) atoms. The zero-order valence-electron chi connectivity index (χ0n) is 15.0. The second kappa shape index (κ2) is 7.67. The van der Waals surface area contributed by atoms with Crippen LogP contribution >= 0.6 is 0 Å². The Morgan fingerprint density at radius 2 is 1.12 bits per heavy atom. The van der Waals surface area contributed by atoms with Crippen molar-refractivity contribution in [1.82, 2.24) is 0 Å². The maximum Gasteiger partial charge on any atom is 0.163 e. The van der Waals surface area contributed by atoms with Gasteiger partial charge in [0.25, 0.3) is 0 Å². The molecule has 0 bridgehead atoms. The van der Waals surface area contributed by atoms with Gasteiger partial charge in [0.2, 0.25) is 0 Å². The van der Waals surface area contributed by atoms with Crippen molar-refractivity contribution in [3.63, 3.8) is 0 Å². The van der Waals surface area contributed by atoms with Gasteiger partial charge in [-0.15, -0.1) is 0 Å². The molecule has 1 fully saturated rings. The van der Waals surface area contributed by atoms with Crippen LogP contribution in [0.5, 0.6) is 0 Å². The lowest BCUT2D eigenvalue weighted by atomic mass is 9.92. The van der Waals surface area contributed by atoms with Gasteiger partial charge in [-0.25, -0.2) is 0 Å². The van der Waals surface area contributed by atoms with E-state index in [-0.39, 0.29) is 24.3 Å². The Kier molecular flexibility index (Phi) is 5.54. The Balaban J connectivity index is 1.71. The summed E-state index contributed by atoms with van der Waals surface area (Å²) >= 11 is 0. The van der Waals surface area contributed by atoms with E-state index in [0.29, 0.717) is 0 Å². The van der Waals surface area contributed by atoms with E-state index in [2.05, 4.69) is 24.3 Å². The highest BCUT2D eigenvalue weighted by Crippen LogP contribution is 2.32. The Morgan fingerprint density at radius 1 is 0.760 bits per heavy atom. The number of ether oxygens (including phenoxy) is 2. The zero-order chi connectivity index (χ0) is 17.9. The average Bonchev–Trinajstić information content (AvgIpc) is 2.93. The molecular formula is C21H28N2O2. The van der Waals surface area contributed by atoms with Gasteiger partial charge in [-0.1, -0.05) is 60.7 Å². The van der Waals surface area contributed by atoms with Crippen molar-refractivity contribution < 1.29 is 9.47 Å². The zero-order valence-corrected chi connectivity index (χ0v) is 15.0. The molecule has 0 aliphatic carbocycles. The molecule has 0 unspecified atom stereocenters. The lowest BCUT2D eigenvalue weighted by molar-refractivity contribution is -0.149. The number of hydrogen-bond donors (Lipinski definition) is 2. The minimum Gasteiger partial charge on any atom is -0.343 e. The summed E-state index contributed by atoms with van der Waals surface area (Å²) in [4.78, 5) is 0. The van der Waals surface area contributed by atoms with Crippen molar-refractivity contribution in [1.29, 1.82) is 0 Å². The SMILES string of the molecule is CC1(C)O[C@H]([C@H](N)Cc2ccccc2)[C@@H]([C@H](N)Cc2ccccc2)O1. The molecule has 0 amide bonds. The Bertz CT molecular complexity index is 603. The van der Waals surface area contributed by atoms with E-state index in [4.69, 9.17) is 20.9 Å². The van der Waals surface area contributed by atoms with Crippen LogP contribution in [0.3, 0.4) is 0 Å². The van der Waals surface area contributed by atoms with Crippen LogP contribution in [0.1, 0.15) is 25.0 Å². The lowest BCUT2D eigenvalue weighted by Gasteiger charge is -2.27. The molecule has 2 aromatic rings. The first kappa shape index (κ1) is 18.1. The molecule has 3 rings (SSSR count). The second-order valence-corrected chi connectivity index (χ2v) is 7.27. The largest absolute Gasteiger partial charge is 0.343 e. The van der Waals surface area contributed by atoms with Crippen LogP contribution in [0.4, 0.5) is 0 Å². The first-order chi connectivity index (χ1) is 11.9. The summed E-state index contributed by atoms with van der Waals surface area (Å²) in [5.41, 5.74) is 15.4. The van der Waals surface area contributed by atoms with Gasteiger partial charge in [0.1, 0.15) is 12.2 Å². The van der Waals surface area contributed by atoms with Crippen LogP contribution in [0.25, 0.3) is 0 Å². The average molecular weight is 340 g/mol. The van der Waals surface area contributed by atoms with Crippen molar-refractivity contribution in [2.24, 2.45) is 11.5 Å². The molecule has 0 spiro atoms. The topological polar surface area (TPSA) is 70.5 Å². The summed E-state index contributed by atoms with van der Waals surface area (Å²) in [6.45, 7) is 3.84. The van der Waals surface area contributed by atoms with E-state index >= 15 is 0 Å². The third-order valence-corrected chi connectivity index (χ3v) is 4.64. The van der Waals surface area contributed by atoms with Crippen molar-refractivity contribution >= 4 is 0 Å². The molecule has 4 heteroatoms. The van der Waals surface area contributed by atoms with Crippen LogP contribution in [-0.2, 0) is 22.3 Å². The molecule has 4 atom stereocenters. The van der Waals surface area contributed by atoms with Crippen LogP contribution in [0.15, 0.2) is 60.7 Å². The van der Waals surface area contributed by atoms with Gasteiger partial charge in [0, 0.05) is 12.1 Å². The third kappa shape index (κ3) is 4.67. The normalized spacial score (nSPS) is 24.8. The molecule has 0 radical (unpaired) electrons. The standard InChI is InChI=1S/C21H28N2O2/c1-21(2)24-19(17(22)13-15-9-5-3-6-10-15)20(25-21)18(23)14-16-11-7-4-8-12-16/h3-12,17-20H,13-14,22-23H2,1-2H3/t17-,18-,19-,20-/m1/s1. The van der Waals surface area contributed by atoms with Gasteiger partial charge >= 0.3 is 0 Å². The monoisotopic (exact) mass is 340 g/mol. The fraction of sp³-hybridized carbons (Fsp3) is 0.429. The van der Waals surface area contributed by atoms with Gasteiger partial charge in [-0.3, -0.25) is 0 Å². The fourth-order valence-corrected chi connectivity index (χ4v) is 3.48.